The normalized spacial score (nSPS) is 35.5. The summed E-state index contributed by atoms with van der Waals surface area (Å²) >= 11 is 0. The Morgan fingerprint density at radius 2 is 2.12 bits per heavy atom. The van der Waals surface area contributed by atoms with E-state index >= 15 is 0 Å². The predicted octanol–water partition coefficient (Wildman–Crippen LogP) is 3.13. The lowest BCUT2D eigenvalue weighted by atomic mass is 9.95. The minimum atomic E-state index is 0.703. The van der Waals surface area contributed by atoms with Gasteiger partial charge in [0.25, 0.3) is 0 Å². The molecular weight excluding hydrogens is 210 g/mol. The highest BCUT2D eigenvalue weighted by molar-refractivity contribution is 5.33. The molecule has 0 radical (unpaired) electrons. The van der Waals surface area contributed by atoms with E-state index in [9.17, 15) is 0 Å². The summed E-state index contributed by atoms with van der Waals surface area (Å²) in [4.78, 5) is 4.67. The lowest BCUT2D eigenvalue weighted by molar-refractivity contribution is 0.332. The van der Waals surface area contributed by atoms with Crippen molar-refractivity contribution in [1.82, 2.24) is 9.55 Å². The highest BCUT2D eigenvalue weighted by atomic mass is 15.2. The van der Waals surface area contributed by atoms with E-state index in [0.717, 1.165) is 29.5 Å². The number of hydrogen-bond donors (Lipinski definition) is 1. The number of hydrogen-bond acceptors (Lipinski definition) is 2. The van der Waals surface area contributed by atoms with Gasteiger partial charge in [-0.2, -0.15) is 0 Å². The van der Waals surface area contributed by atoms with Crippen LogP contribution in [0, 0.1) is 18.8 Å². The molecule has 0 aromatic carbocycles. The highest BCUT2D eigenvalue weighted by Gasteiger charge is 2.41. The minimum absolute atomic E-state index is 0.703. The third-order valence-corrected chi connectivity index (χ3v) is 4.82. The van der Waals surface area contributed by atoms with Gasteiger partial charge in [-0.15, -0.1) is 0 Å². The Kier molecular flexibility index (Phi) is 2.06. The summed E-state index contributed by atoms with van der Waals surface area (Å²) in [5, 5.41) is 3.59. The van der Waals surface area contributed by atoms with E-state index in [0.29, 0.717) is 6.04 Å². The lowest BCUT2D eigenvalue weighted by Gasteiger charge is -2.25. The number of fused-ring (bicyclic) bond motifs is 2. The van der Waals surface area contributed by atoms with Crippen molar-refractivity contribution >= 4 is 5.95 Å². The summed E-state index contributed by atoms with van der Waals surface area (Å²) in [6.45, 7) is 2.11. The second-order valence-corrected chi connectivity index (χ2v) is 6.27. The van der Waals surface area contributed by atoms with Crippen molar-refractivity contribution < 1.29 is 0 Å². The van der Waals surface area contributed by atoms with Gasteiger partial charge >= 0.3 is 0 Å². The van der Waals surface area contributed by atoms with Crippen LogP contribution in [0.1, 0.15) is 50.3 Å². The molecule has 0 aliphatic heterocycles. The second-order valence-electron chi connectivity index (χ2n) is 6.27. The maximum absolute atomic E-state index is 4.67. The Balaban J connectivity index is 1.63. The van der Waals surface area contributed by atoms with Crippen LogP contribution < -0.4 is 5.32 Å². The smallest absolute Gasteiger partial charge is 0.203 e. The van der Waals surface area contributed by atoms with Crippen LogP contribution in [-0.2, 0) is 0 Å². The molecule has 1 heterocycles. The second kappa shape index (κ2) is 3.50. The van der Waals surface area contributed by atoms with Crippen LogP contribution in [0.4, 0.5) is 5.95 Å². The van der Waals surface area contributed by atoms with Crippen LogP contribution in [0.5, 0.6) is 0 Å². The van der Waals surface area contributed by atoms with Crippen LogP contribution in [0.25, 0.3) is 0 Å². The van der Waals surface area contributed by atoms with Gasteiger partial charge in [0.1, 0.15) is 0 Å². The number of anilines is 1. The van der Waals surface area contributed by atoms with Gasteiger partial charge in [0.05, 0.1) is 5.69 Å². The molecule has 2 bridgehead atoms. The third kappa shape index (κ3) is 1.67. The van der Waals surface area contributed by atoms with Crippen LogP contribution in [0.3, 0.4) is 0 Å². The average Bonchev–Trinajstić information content (AvgIpc) is 2.75. The summed E-state index contributed by atoms with van der Waals surface area (Å²) in [6.07, 6.45) is 10.7. The van der Waals surface area contributed by atoms with Gasteiger partial charge in [0.15, 0.2) is 0 Å². The zero-order valence-corrected chi connectivity index (χ0v) is 10.5. The minimum Gasteiger partial charge on any atom is -0.353 e. The molecule has 1 aromatic rings. The summed E-state index contributed by atoms with van der Waals surface area (Å²) in [7, 11) is 0. The van der Waals surface area contributed by atoms with Gasteiger partial charge in [0.2, 0.25) is 5.95 Å². The molecule has 3 atom stereocenters. The summed E-state index contributed by atoms with van der Waals surface area (Å²) in [5.74, 6) is 3.07. The monoisotopic (exact) mass is 231 g/mol. The quantitative estimate of drug-likeness (QED) is 0.866. The van der Waals surface area contributed by atoms with Crippen molar-refractivity contribution in [3.05, 3.63) is 11.9 Å². The van der Waals surface area contributed by atoms with Crippen molar-refractivity contribution in [2.75, 3.05) is 5.32 Å². The number of rotatable bonds is 3. The molecule has 3 fully saturated rings. The molecule has 3 aliphatic rings. The number of imidazole rings is 1. The van der Waals surface area contributed by atoms with Gasteiger partial charge in [0, 0.05) is 18.3 Å². The van der Waals surface area contributed by atoms with E-state index in [1.54, 1.807) is 0 Å². The van der Waals surface area contributed by atoms with E-state index < -0.39 is 0 Å². The van der Waals surface area contributed by atoms with E-state index in [-0.39, 0.29) is 0 Å². The van der Waals surface area contributed by atoms with Gasteiger partial charge in [-0.25, -0.2) is 4.98 Å². The van der Waals surface area contributed by atoms with Crippen molar-refractivity contribution in [3.63, 3.8) is 0 Å². The molecule has 3 heteroatoms. The predicted molar refractivity (Wildman–Crippen MR) is 68.1 cm³/mol. The highest BCUT2D eigenvalue weighted by Crippen LogP contribution is 2.51. The molecule has 1 aromatic heterocycles. The maximum atomic E-state index is 4.67. The van der Waals surface area contributed by atoms with E-state index in [1.807, 2.05) is 0 Å². The Morgan fingerprint density at radius 3 is 2.76 bits per heavy atom. The summed E-state index contributed by atoms with van der Waals surface area (Å²) in [6, 6.07) is 1.44. The molecular formula is C14H21N3. The first kappa shape index (κ1) is 9.98. The standard InChI is InChI=1S/C14H21N3/c1-9-8-17(14(15-9)16-12-4-5-12)13-7-10-2-3-11(13)6-10/h8,10-13H,2-7H2,1H3,(H,15,16). The first-order valence-corrected chi connectivity index (χ1v) is 7.11. The number of nitrogens with zero attached hydrogens (tertiary/aromatic N) is 2. The molecule has 3 saturated carbocycles. The van der Waals surface area contributed by atoms with Gasteiger partial charge in [-0.3, -0.25) is 0 Å². The molecule has 0 amide bonds. The van der Waals surface area contributed by atoms with Crippen LogP contribution in [0.15, 0.2) is 6.20 Å². The zero-order valence-electron chi connectivity index (χ0n) is 10.5. The van der Waals surface area contributed by atoms with Crippen molar-refractivity contribution in [2.45, 2.75) is 57.5 Å². The Morgan fingerprint density at radius 1 is 1.24 bits per heavy atom. The fraction of sp³-hybridized carbons (Fsp3) is 0.786. The molecule has 17 heavy (non-hydrogen) atoms. The van der Waals surface area contributed by atoms with E-state index in [1.165, 1.54) is 38.5 Å². The van der Waals surface area contributed by atoms with E-state index in [4.69, 9.17) is 0 Å². The first-order valence-electron chi connectivity index (χ1n) is 7.11. The molecule has 0 spiro atoms. The Hall–Kier alpha value is -0.990. The van der Waals surface area contributed by atoms with Gasteiger partial charge in [-0.1, -0.05) is 6.42 Å². The fourth-order valence-electron chi connectivity index (χ4n) is 3.84. The summed E-state index contributed by atoms with van der Waals surface area (Å²) < 4.78 is 2.46. The topological polar surface area (TPSA) is 29.9 Å². The number of aryl methyl sites for hydroxylation is 1. The van der Waals surface area contributed by atoms with Crippen LogP contribution in [0.2, 0.25) is 0 Å². The molecule has 4 rings (SSSR count). The molecule has 3 aliphatic carbocycles. The Bertz CT molecular complexity index is 433. The van der Waals surface area contributed by atoms with E-state index in [2.05, 4.69) is 28.0 Å². The van der Waals surface area contributed by atoms with Crippen molar-refractivity contribution in [1.29, 1.82) is 0 Å². The molecule has 0 saturated heterocycles. The zero-order chi connectivity index (χ0) is 11.4. The first-order chi connectivity index (χ1) is 8.29. The van der Waals surface area contributed by atoms with Crippen molar-refractivity contribution in [2.24, 2.45) is 11.8 Å². The number of aromatic nitrogens is 2. The fourth-order valence-corrected chi connectivity index (χ4v) is 3.84. The third-order valence-electron chi connectivity index (χ3n) is 4.82. The van der Waals surface area contributed by atoms with Gasteiger partial charge in [-0.05, 0) is 50.9 Å². The van der Waals surface area contributed by atoms with Gasteiger partial charge < -0.3 is 9.88 Å². The maximum Gasteiger partial charge on any atom is 0.203 e. The Labute approximate surface area is 103 Å². The lowest BCUT2D eigenvalue weighted by Crippen LogP contribution is -2.18. The molecule has 3 nitrogen and oxygen atoms in total. The van der Waals surface area contributed by atoms with Crippen molar-refractivity contribution in [3.8, 4) is 0 Å². The average molecular weight is 231 g/mol. The van der Waals surface area contributed by atoms with Crippen LogP contribution in [-0.4, -0.2) is 15.6 Å². The molecule has 3 unspecified atom stereocenters. The number of nitrogens with one attached hydrogen (secondary N) is 1. The molecule has 1 N–H and O–H groups in total. The largest absolute Gasteiger partial charge is 0.353 e. The summed E-state index contributed by atoms with van der Waals surface area (Å²) in [5.41, 5.74) is 1.16. The van der Waals surface area contributed by atoms with Crippen LogP contribution >= 0.6 is 0 Å². The SMILES string of the molecule is Cc1cn(C2CC3CCC2C3)c(NC2CC2)n1. The molecule has 92 valence electrons.